The van der Waals surface area contributed by atoms with Crippen LogP contribution in [0.3, 0.4) is 0 Å². The van der Waals surface area contributed by atoms with Gasteiger partial charge in [0.1, 0.15) is 17.8 Å². The summed E-state index contributed by atoms with van der Waals surface area (Å²) in [6.07, 6.45) is 7.06. The molecule has 5 nitrogen and oxygen atoms in total. The highest BCUT2D eigenvalue weighted by atomic mass is 19.1. The molecule has 3 heterocycles. The number of aryl methyl sites for hydroxylation is 2. The van der Waals surface area contributed by atoms with Crippen molar-refractivity contribution >= 4 is 22.8 Å². The van der Waals surface area contributed by atoms with Crippen LogP contribution in [0.1, 0.15) is 23.4 Å². The molecule has 1 saturated heterocycles. The summed E-state index contributed by atoms with van der Waals surface area (Å²) >= 11 is 0. The monoisotopic (exact) mass is 417 g/mol. The maximum atomic E-state index is 13.4. The number of fused-ring (bicyclic) bond motifs is 1. The number of benzene rings is 2. The van der Waals surface area contributed by atoms with Crippen molar-refractivity contribution < 1.29 is 4.39 Å². The SMILES string of the molecule is CN1CCN(C2CC=C(c3ccc4nc(CCc5cccc(F)c5)[nH]c4c3)C=N2)CC1. The van der Waals surface area contributed by atoms with Crippen LogP contribution < -0.4 is 0 Å². The van der Waals surface area contributed by atoms with Gasteiger partial charge in [0.2, 0.25) is 0 Å². The Bertz CT molecular complexity index is 1120. The predicted molar refractivity (Wildman–Crippen MR) is 124 cm³/mol. The lowest BCUT2D eigenvalue weighted by molar-refractivity contribution is 0.115. The number of nitrogens with zero attached hydrogens (tertiary/aromatic N) is 4. The molecule has 1 aromatic heterocycles. The molecule has 1 atom stereocenters. The smallest absolute Gasteiger partial charge is 0.123 e. The number of imidazole rings is 1. The van der Waals surface area contributed by atoms with Gasteiger partial charge in [-0.1, -0.05) is 24.3 Å². The Labute approximate surface area is 182 Å². The van der Waals surface area contributed by atoms with Crippen molar-refractivity contribution in [3.63, 3.8) is 0 Å². The fraction of sp³-hybridized carbons (Fsp3) is 0.360. The minimum absolute atomic E-state index is 0.191. The van der Waals surface area contributed by atoms with Crippen LogP contribution in [0.4, 0.5) is 4.39 Å². The molecule has 1 unspecified atom stereocenters. The second-order valence-electron chi connectivity index (χ2n) is 8.54. The summed E-state index contributed by atoms with van der Waals surface area (Å²) in [6.45, 7) is 4.39. The number of likely N-dealkylation sites (N-methyl/N-ethyl adjacent to an activating group) is 1. The van der Waals surface area contributed by atoms with E-state index in [1.165, 1.54) is 11.6 Å². The Morgan fingerprint density at radius 3 is 2.71 bits per heavy atom. The molecular formula is C25H28FN5. The Morgan fingerprint density at radius 1 is 1.06 bits per heavy atom. The van der Waals surface area contributed by atoms with Crippen molar-refractivity contribution in [1.29, 1.82) is 0 Å². The first-order valence-electron chi connectivity index (χ1n) is 11.0. The third-order valence-corrected chi connectivity index (χ3v) is 6.30. The summed E-state index contributed by atoms with van der Waals surface area (Å²) in [5, 5.41) is 0. The van der Waals surface area contributed by atoms with Gasteiger partial charge in [-0.15, -0.1) is 0 Å². The van der Waals surface area contributed by atoms with E-state index in [1.54, 1.807) is 12.1 Å². The Hall–Kier alpha value is -2.83. The summed E-state index contributed by atoms with van der Waals surface area (Å²) in [5.41, 5.74) is 5.31. The molecule has 2 aliphatic heterocycles. The van der Waals surface area contributed by atoms with E-state index >= 15 is 0 Å². The van der Waals surface area contributed by atoms with Crippen molar-refractivity contribution in [2.24, 2.45) is 4.99 Å². The van der Waals surface area contributed by atoms with Gasteiger partial charge in [-0.25, -0.2) is 9.37 Å². The lowest BCUT2D eigenvalue weighted by Crippen LogP contribution is -2.48. The van der Waals surface area contributed by atoms with Crippen LogP contribution in [-0.4, -0.2) is 65.4 Å². The largest absolute Gasteiger partial charge is 0.342 e. The minimum atomic E-state index is -0.191. The van der Waals surface area contributed by atoms with Gasteiger partial charge in [0.25, 0.3) is 0 Å². The quantitative estimate of drug-likeness (QED) is 0.685. The van der Waals surface area contributed by atoms with Gasteiger partial charge in [-0.3, -0.25) is 9.89 Å². The summed E-state index contributed by atoms with van der Waals surface area (Å²) in [5.74, 6) is 0.738. The van der Waals surface area contributed by atoms with E-state index in [2.05, 4.69) is 46.1 Å². The van der Waals surface area contributed by atoms with Crippen LogP contribution in [-0.2, 0) is 12.8 Å². The number of allylic oxidation sites excluding steroid dienone is 1. The van der Waals surface area contributed by atoms with E-state index in [-0.39, 0.29) is 12.0 Å². The molecule has 2 aliphatic rings. The molecule has 1 fully saturated rings. The maximum Gasteiger partial charge on any atom is 0.123 e. The number of halogens is 1. The van der Waals surface area contributed by atoms with E-state index in [0.717, 1.165) is 73.4 Å². The number of piperazine rings is 1. The normalized spacial score (nSPS) is 20.3. The third kappa shape index (κ3) is 4.60. The highest BCUT2D eigenvalue weighted by molar-refractivity contribution is 6.11. The fourth-order valence-corrected chi connectivity index (χ4v) is 4.38. The molecule has 5 rings (SSSR count). The van der Waals surface area contributed by atoms with Gasteiger partial charge < -0.3 is 9.88 Å². The van der Waals surface area contributed by atoms with Crippen molar-refractivity contribution in [2.75, 3.05) is 33.2 Å². The third-order valence-electron chi connectivity index (χ3n) is 6.30. The zero-order chi connectivity index (χ0) is 21.2. The number of nitrogens with one attached hydrogen (secondary N) is 1. The molecule has 0 aliphatic carbocycles. The van der Waals surface area contributed by atoms with E-state index in [4.69, 9.17) is 9.98 Å². The van der Waals surface area contributed by atoms with E-state index in [0.29, 0.717) is 0 Å². The highest BCUT2D eigenvalue weighted by Gasteiger charge is 2.22. The molecule has 31 heavy (non-hydrogen) atoms. The van der Waals surface area contributed by atoms with Gasteiger partial charge in [-0.05, 0) is 54.4 Å². The summed E-state index contributed by atoms with van der Waals surface area (Å²) in [6, 6.07) is 13.1. The number of aliphatic imine (C=N–C) groups is 1. The topological polar surface area (TPSA) is 47.5 Å². The van der Waals surface area contributed by atoms with Gasteiger partial charge >= 0.3 is 0 Å². The van der Waals surface area contributed by atoms with Crippen molar-refractivity contribution in [3.8, 4) is 0 Å². The summed E-state index contributed by atoms with van der Waals surface area (Å²) < 4.78 is 13.4. The van der Waals surface area contributed by atoms with Crippen LogP contribution >= 0.6 is 0 Å². The lowest BCUT2D eigenvalue weighted by atomic mass is 10.0. The summed E-state index contributed by atoms with van der Waals surface area (Å²) in [7, 11) is 2.18. The van der Waals surface area contributed by atoms with Gasteiger partial charge in [-0.2, -0.15) is 0 Å². The molecule has 6 heteroatoms. The molecule has 3 aromatic rings. The van der Waals surface area contributed by atoms with Crippen molar-refractivity contribution in [3.05, 3.63) is 71.3 Å². The number of aromatic nitrogens is 2. The fourth-order valence-electron chi connectivity index (χ4n) is 4.38. The van der Waals surface area contributed by atoms with Crippen LogP contribution in [0.15, 0.2) is 53.5 Å². The predicted octanol–water partition coefficient (Wildman–Crippen LogP) is 3.92. The van der Waals surface area contributed by atoms with Crippen molar-refractivity contribution in [2.45, 2.75) is 25.4 Å². The minimum Gasteiger partial charge on any atom is -0.342 e. The van der Waals surface area contributed by atoms with Crippen LogP contribution in [0, 0.1) is 5.82 Å². The Kier molecular flexibility index (Phi) is 5.66. The van der Waals surface area contributed by atoms with Crippen LogP contribution in [0.25, 0.3) is 16.6 Å². The average Bonchev–Trinajstić information content (AvgIpc) is 3.21. The first-order valence-corrected chi connectivity index (χ1v) is 11.0. The van der Waals surface area contributed by atoms with E-state index < -0.39 is 0 Å². The standard InChI is InChI=1S/C25H28FN5/c1-30-11-13-31(14-12-30)25-10-7-20(17-27-25)19-6-8-22-23(16-19)29-24(28-22)9-5-18-3-2-4-21(26)15-18/h2-4,6-8,15-17,25H,5,9-14H2,1H3,(H,28,29). The molecular weight excluding hydrogens is 389 g/mol. The van der Waals surface area contributed by atoms with Gasteiger partial charge in [0.15, 0.2) is 0 Å². The van der Waals surface area contributed by atoms with Gasteiger partial charge in [0.05, 0.1) is 11.0 Å². The van der Waals surface area contributed by atoms with Crippen LogP contribution in [0.5, 0.6) is 0 Å². The Morgan fingerprint density at radius 2 is 1.94 bits per heavy atom. The molecule has 160 valence electrons. The number of hydrogen-bond acceptors (Lipinski definition) is 4. The number of aromatic amines is 1. The maximum absolute atomic E-state index is 13.4. The van der Waals surface area contributed by atoms with Crippen molar-refractivity contribution in [1.82, 2.24) is 19.8 Å². The molecule has 0 spiro atoms. The lowest BCUT2D eigenvalue weighted by Gasteiger charge is -2.36. The zero-order valence-corrected chi connectivity index (χ0v) is 17.9. The number of H-pyrrole nitrogens is 1. The molecule has 0 saturated carbocycles. The highest BCUT2D eigenvalue weighted by Crippen LogP contribution is 2.24. The van der Waals surface area contributed by atoms with Gasteiger partial charge in [0, 0.05) is 45.2 Å². The molecule has 0 amide bonds. The number of hydrogen-bond donors (Lipinski definition) is 1. The number of rotatable bonds is 5. The average molecular weight is 418 g/mol. The first-order chi connectivity index (χ1) is 15.1. The van der Waals surface area contributed by atoms with Crippen LogP contribution in [0.2, 0.25) is 0 Å². The molecule has 0 radical (unpaired) electrons. The molecule has 1 N–H and O–H groups in total. The van der Waals surface area contributed by atoms with E-state index in [9.17, 15) is 4.39 Å². The second kappa shape index (κ2) is 8.73. The zero-order valence-electron chi connectivity index (χ0n) is 17.9. The van der Waals surface area contributed by atoms with E-state index in [1.807, 2.05) is 12.3 Å². The Balaban J connectivity index is 1.25. The second-order valence-corrected chi connectivity index (χ2v) is 8.54. The first kappa shape index (κ1) is 20.1. The number of dihydropyridines is 1. The molecule has 2 aromatic carbocycles. The molecule has 0 bridgehead atoms. The summed E-state index contributed by atoms with van der Waals surface area (Å²) in [4.78, 5) is 17.8.